The number of esters is 1. The van der Waals surface area contributed by atoms with Crippen LogP contribution in [0.2, 0.25) is 0 Å². The van der Waals surface area contributed by atoms with Gasteiger partial charge in [0.25, 0.3) is 0 Å². The lowest BCUT2D eigenvalue weighted by molar-refractivity contribution is -0.151. The van der Waals surface area contributed by atoms with Crippen LogP contribution in [0.4, 0.5) is 4.39 Å². The number of hydrogen-bond donors (Lipinski definition) is 1. The zero-order chi connectivity index (χ0) is 13.6. The van der Waals surface area contributed by atoms with Crippen molar-refractivity contribution in [3.8, 4) is 5.75 Å². The summed E-state index contributed by atoms with van der Waals surface area (Å²) in [6, 6.07) is 5.77. The Morgan fingerprint density at radius 3 is 2.78 bits per heavy atom. The summed E-state index contributed by atoms with van der Waals surface area (Å²) in [4.78, 5) is 11.7. The van der Waals surface area contributed by atoms with Crippen LogP contribution in [0.25, 0.3) is 0 Å². The molecular formula is C13H18FNO3. The van der Waals surface area contributed by atoms with Gasteiger partial charge in [0.15, 0.2) is 0 Å². The molecule has 1 rings (SSSR count). The number of carbonyl (C=O) groups is 1. The van der Waals surface area contributed by atoms with Crippen molar-refractivity contribution in [3.63, 3.8) is 0 Å². The van der Waals surface area contributed by atoms with E-state index in [1.54, 1.807) is 33.0 Å². The van der Waals surface area contributed by atoms with Crippen LogP contribution >= 0.6 is 0 Å². The van der Waals surface area contributed by atoms with E-state index in [0.29, 0.717) is 12.4 Å². The summed E-state index contributed by atoms with van der Waals surface area (Å²) < 4.78 is 23.3. The Hall–Kier alpha value is -1.62. The fraction of sp³-hybridized carbons (Fsp3) is 0.462. The first kappa shape index (κ1) is 14.4. The zero-order valence-corrected chi connectivity index (χ0v) is 10.8. The molecule has 1 aromatic carbocycles. The summed E-state index contributed by atoms with van der Waals surface area (Å²) in [6.45, 7) is 3.77. The summed E-state index contributed by atoms with van der Waals surface area (Å²) in [7, 11) is 1.64. The predicted molar refractivity (Wildman–Crippen MR) is 66.0 cm³/mol. The van der Waals surface area contributed by atoms with Gasteiger partial charge in [-0.3, -0.25) is 0 Å². The maximum atomic E-state index is 13.0. The maximum Gasteiger partial charge on any atom is 0.329 e. The second-order valence-electron chi connectivity index (χ2n) is 4.05. The summed E-state index contributed by atoms with van der Waals surface area (Å²) in [5.74, 6) is -0.403. The van der Waals surface area contributed by atoms with Crippen LogP contribution < -0.4 is 10.1 Å². The van der Waals surface area contributed by atoms with Gasteiger partial charge in [0.05, 0.1) is 6.61 Å². The van der Waals surface area contributed by atoms with Crippen molar-refractivity contribution in [2.45, 2.75) is 19.4 Å². The Bertz CT molecular complexity index is 411. The van der Waals surface area contributed by atoms with Crippen molar-refractivity contribution >= 4 is 5.97 Å². The highest BCUT2D eigenvalue weighted by molar-refractivity contribution is 5.80. The molecule has 0 aromatic heterocycles. The van der Waals surface area contributed by atoms with Crippen molar-refractivity contribution < 1.29 is 18.7 Å². The van der Waals surface area contributed by atoms with Crippen molar-refractivity contribution in [1.82, 2.24) is 5.32 Å². The normalized spacial score (nSPS) is 13.8. The van der Waals surface area contributed by atoms with Crippen molar-refractivity contribution in [2.75, 3.05) is 20.3 Å². The van der Waals surface area contributed by atoms with E-state index in [1.165, 1.54) is 12.1 Å². The lowest BCUT2D eigenvalue weighted by Gasteiger charge is -2.26. The molecule has 1 atom stereocenters. The third-order valence-electron chi connectivity index (χ3n) is 2.60. The maximum absolute atomic E-state index is 13.0. The highest BCUT2D eigenvalue weighted by Crippen LogP contribution is 2.15. The largest absolute Gasteiger partial charge is 0.491 e. The first-order chi connectivity index (χ1) is 8.51. The van der Waals surface area contributed by atoms with Crippen molar-refractivity contribution in [1.29, 1.82) is 0 Å². The Labute approximate surface area is 106 Å². The quantitative estimate of drug-likeness (QED) is 0.787. The molecule has 0 heterocycles. The molecular weight excluding hydrogens is 237 g/mol. The number of rotatable bonds is 6. The molecule has 18 heavy (non-hydrogen) atoms. The lowest BCUT2D eigenvalue weighted by atomic mass is 10.1. The fourth-order valence-electron chi connectivity index (χ4n) is 1.31. The van der Waals surface area contributed by atoms with Crippen LogP contribution in [0.15, 0.2) is 24.3 Å². The molecule has 0 spiro atoms. The lowest BCUT2D eigenvalue weighted by Crippen LogP contribution is -2.53. The average Bonchev–Trinajstić information content (AvgIpc) is 2.36. The average molecular weight is 255 g/mol. The van der Waals surface area contributed by atoms with E-state index in [9.17, 15) is 9.18 Å². The molecule has 0 saturated heterocycles. The van der Waals surface area contributed by atoms with E-state index in [0.717, 1.165) is 0 Å². The van der Waals surface area contributed by atoms with Gasteiger partial charge in [-0.05, 0) is 33.0 Å². The third kappa shape index (κ3) is 3.70. The Kier molecular flexibility index (Phi) is 5.09. The molecule has 1 unspecified atom stereocenters. The van der Waals surface area contributed by atoms with Gasteiger partial charge in [-0.15, -0.1) is 0 Å². The molecule has 0 aliphatic carbocycles. The van der Waals surface area contributed by atoms with Gasteiger partial charge in [0.1, 0.15) is 23.7 Å². The van der Waals surface area contributed by atoms with Gasteiger partial charge in [-0.1, -0.05) is 6.07 Å². The topological polar surface area (TPSA) is 47.6 Å². The zero-order valence-electron chi connectivity index (χ0n) is 10.8. The van der Waals surface area contributed by atoms with Gasteiger partial charge < -0.3 is 14.8 Å². The molecule has 1 N–H and O–H groups in total. The molecule has 5 heteroatoms. The number of ether oxygens (including phenoxy) is 2. The van der Waals surface area contributed by atoms with E-state index in [1.807, 2.05) is 0 Å². The van der Waals surface area contributed by atoms with Gasteiger partial charge >= 0.3 is 5.97 Å². The van der Waals surface area contributed by atoms with E-state index in [-0.39, 0.29) is 12.4 Å². The van der Waals surface area contributed by atoms with E-state index >= 15 is 0 Å². The Morgan fingerprint density at radius 1 is 1.50 bits per heavy atom. The van der Waals surface area contributed by atoms with Crippen LogP contribution in [0.1, 0.15) is 13.8 Å². The molecule has 0 radical (unpaired) electrons. The van der Waals surface area contributed by atoms with Gasteiger partial charge in [-0.2, -0.15) is 0 Å². The first-order valence-electron chi connectivity index (χ1n) is 5.76. The summed E-state index contributed by atoms with van der Waals surface area (Å²) in [6.07, 6.45) is 0. The second-order valence-corrected chi connectivity index (χ2v) is 4.05. The molecule has 0 amide bonds. The van der Waals surface area contributed by atoms with Gasteiger partial charge in [-0.25, -0.2) is 9.18 Å². The number of halogens is 1. The van der Waals surface area contributed by atoms with Crippen LogP contribution in [-0.2, 0) is 9.53 Å². The smallest absolute Gasteiger partial charge is 0.329 e. The highest BCUT2D eigenvalue weighted by atomic mass is 19.1. The first-order valence-corrected chi connectivity index (χ1v) is 5.76. The number of nitrogens with one attached hydrogen (secondary N) is 1. The molecule has 0 aliphatic heterocycles. The van der Waals surface area contributed by atoms with Crippen LogP contribution in [0.5, 0.6) is 5.75 Å². The highest BCUT2D eigenvalue weighted by Gasteiger charge is 2.34. The number of likely N-dealkylation sites (N-methyl/N-ethyl adjacent to an activating group) is 1. The standard InChI is InChI=1S/C13H18FNO3/c1-4-17-12(16)13(2,15-3)9-18-11-7-5-6-10(14)8-11/h5-8,15H,4,9H2,1-3H3. The van der Waals surface area contributed by atoms with Crippen molar-refractivity contribution in [3.05, 3.63) is 30.1 Å². The van der Waals surface area contributed by atoms with Crippen molar-refractivity contribution in [2.24, 2.45) is 0 Å². The predicted octanol–water partition coefficient (Wildman–Crippen LogP) is 1.75. The Morgan fingerprint density at radius 2 is 2.22 bits per heavy atom. The molecule has 0 saturated carbocycles. The minimum absolute atomic E-state index is 0.0613. The number of carbonyl (C=O) groups excluding carboxylic acids is 1. The Balaban J connectivity index is 2.66. The molecule has 0 fully saturated rings. The minimum atomic E-state index is -0.956. The van der Waals surface area contributed by atoms with Gasteiger partial charge in [0, 0.05) is 6.07 Å². The van der Waals surface area contributed by atoms with E-state index < -0.39 is 11.5 Å². The minimum Gasteiger partial charge on any atom is -0.491 e. The molecule has 4 nitrogen and oxygen atoms in total. The molecule has 1 aromatic rings. The van der Waals surface area contributed by atoms with Crippen LogP contribution in [0.3, 0.4) is 0 Å². The second kappa shape index (κ2) is 6.35. The fourth-order valence-corrected chi connectivity index (χ4v) is 1.31. The third-order valence-corrected chi connectivity index (χ3v) is 2.60. The van der Waals surface area contributed by atoms with E-state index in [4.69, 9.17) is 9.47 Å². The monoisotopic (exact) mass is 255 g/mol. The van der Waals surface area contributed by atoms with Crippen LogP contribution in [0, 0.1) is 5.82 Å². The SMILES string of the molecule is CCOC(=O)C(C)(COc1cccc(F)c1)NC. The molecule has 100 valence electrons. The van der Waals surface area contributed by atoms with Gasteiger partial charge in [0.2, 0.25) is 0 Å². The summed E-state index contributed by atoms with van der Waals surface area (Å²) >= 11 is 0. The number of hydrogen-bond acceptors (Lipinski definition) is 4. The van der Waals surface area contributed by atoms with Crippen LogP contribution in [-0.4, -0.2) is 31.8 Å². The summed E-state index contributed by atoms with van der Waals surface area (Å²) in [5.41, 5.74) is -0.956. The molecule has 0 bridgehead atoms. The number of benzene rings is 1. The molecule has 0 aliphatic rings. The van der Waals surface area contributed by atoms with E-state index in [2.05, 4.69) is 5.32 Å². The summed E-state index contributed by atoms with van der Waals surface area (Å²) in [5, 5.41) is 2.85.